The van der Waals surface area contributed by atoms with E-state index in [0.717, 1.165) is 5.56 Å². The van der Waals surface area contributed by atoms with E-state index in [1.807, 2.05) is 44.3 Å². The van der Waals surface area contributed by atoms with E-state index in [4.69, 9.17) is 5.73 Å². The van der Waals surface area contributed by atoms with Gasteiger partial charge in [0.15, 0.2) is 0 Å². The first-order chi connectivity index (χ1) is 9.09. The number of carbonyl (C=O) groups is 1. The van der Waals surface area contributed by atoms with E-state index in [0.29, 0.717) is 11.3 Å². The van der Waals surface area contributed by atoms with Gasteiger partial charge in [-0.05, 0) is 30.7 Å². The second-order valence-electron chi connectivity index (χ2n) is 4.63. The molecule has 0 bridgehead atoms. The van der Waals surface area contributed by atoms with E-state index in [-0.39, 0.29) is 11.9 Å². The lowest BCUT2D eigenvalue weighted by Gasteiger charge is -2.25. The molecule has 2 rings (SSSR count). The van der Waals surface area contributed by atoms with Gasteiger partial charge in [-0.25, -0.2) is 0 Å². The summed E-state index contributed by atoms with van der Waals surface area (Å²) in [6, 6.07) is 17.0. The van der Waals surface area contributed by atoms with E-state index < -0.39 is 0 Å². The van der Waals surface area contributed by atoms with Gasteiger partial charge in [0.1, 0.15) is 0 Å². The van der Waals surface area contributed by atoms with E-state index in [2.05, 4.69) is 0 Å². The van der Waals surface area contributed by atoms with Crippen LogP contribution in [0.2, 0.25) is 0 Å². The maximum absolute atomic E-state index is 12.4. The molecule has 0 aliphatic heterocycles. The van der Waals surface area contributed by atoms with Gasteiger partial charge in [0.2, 0.25) is 0 Å². The number of nitrogen functional groups attached to an aromatic ring is 1. The Morgan fingerprint density at radius 1 is 1.11 bits per heavy atom. The summed E-state index contributed by atoms with van der Waals surface area (Å²) < 4.78 is 0. The third-order valence-corrected chi connectivity index (χ3v) is 3.32. The van der Waals surface area contributed by atoms with Crippen molar-refractivity contribution < 1.29 is 4.79 Å². The molecule has 0 aliphatic carbocycles. The zero-order valence-electron chi connectivity index (χ0n) is 11.2. The zero-order chi connectivity index (χ0) is 13.8. The molecule has 1 atom stereocenters. The first-order valence-electron chi connectivity index (χ1n) is 6.27. The van der Waals surface area contributed by atoms with E-state index in [1.165, 1.54) is 0 Å². The molecule has 1 unspecified atom stereocenters. The molecule has 2 aromatic rings. The lowest BCUT2D eigenvalue weighted by atomic mass is 10.1. The summed E-state index contributed by atoms with van der Waals surface area (Å²) >= 11 is 0. The molecule has 0 aromatic heterocycles. The third-order valence-electron chi connectivity index (χ3n) is 3.32. The van der Waals surface area contributed by atoms with Crippen molar-refractivity contribution in [1.82, 2.24) is 4.90 Å². The van der Waals surface area contributed by atoms with E-state index in [9.17, 15) is 4.79 Å². The smallest absolute Gasteiger partial charge is 0.254 e. The summed E-state index contributed by atoms with van der Waals surface area (Å²) in [7, 11) is 1.81. The van der Waals surface area contributed by atoms with Crippen molar-refractivity contribution in [2.24, 2.45) is 0 Å². The number of amides is 1. The summed E-state index contributed by atoms with van der Waals surface area (Å²) in [5.41, 5.74) is 8.05. The maximum atomic E-state index is 12.4. The second-order valence-corrected chi connectivity index (χ2v) is 4.63. The predicted molar refractivity (Wildman–Crippen MR) is 77.8 cm³/mol. The van der Waals surface area contributed by atoms with E-state index >= 15 is 0 Å². The van der Waals surface area contributed by atoms with Gasteiger partial charge < -0.3 is 10.6 Å². The summed E-state index contributed by atoms with van der Waals surface area (Å²) in [4.78, 5) is 14.1. The minimum Gasteiger partial charge on any atom is -0.399 e. The lowest BCUT2D eigenvalue weighted by Crippen LogP contribution is -2.29. The van der Waals surface area contributed by atoms with Gasteiger partial charge in [-0.3, -0.25) is 4.79 Å². The largest absolute Gasteiger partial charge is 0.399 e. The molecule has 0 spiro atoms. The normalized spacial score (nSPS) is 11.9. The number of hydrogen-bond donors (Lipinski definition) is 1. The molecule has 98 valence electrons. The highest BCUT2D eigenvalue weighted by Crippen LogP contribution is 2.20. The average Bonchev–Trinajstić information content (AvgIpc) is 2.46. The highest BCUT2D eigenvalue weighted by Gasteiger charge is 2.18. The lowest BCUT2D eigenvalue weighted by molar-refractivity contribution is 0.0742. The Morgan fingerprint density at radius 3 is 2.42 bits per heavy atom. The minimum absolute atomic E-state index is 0.0233. The van der Waals surface area contributed by atoms with Crippen LogP contribution in [0, 0.1) is 0 Å². The molecular weight excluding hydrogens is 236 g/mol. The fourth-order valence-electron chi connectivity index (χ4n) is 2.01. The Kier molecular flexibility index (Phi) is 3.85. The highest BCUT2D eigenvalue weighted by atomic mass is 16.2. The van der Waals surface area contributed by atoms with Gasteiger partial charge in [0, 0.05) is 18.3 Å². The number of hydrogen-bond acceptors (Lipinski definition) is 2. The van der Waals surface area contributed by atoms with Crippen molar-refractivity contribution in [1.29, 1.82) is 0 Å². The molecule has 0 fully saturated rings. The first kappa shape index (κ1) is 13.1. The molecule has 2 aromatic carbocycles. The van der Waals surface area contributed by atoms with Crippen molar-refractivity contribution in [3.05, 3.63) is 65.7 Å². The van der Waals surface area contributed by atoms with Crippen molar-refractivity contribution in [3.8, 4) is 0 Å². The van der Waals surface area contributed by atoms with Crippen LogP contribution in [0.3, 0.4) is 0 Å². The van der Waals surface area contributed by atoms with Gasteiger partial charge >= 0.3 is 0 Å². The average molecular weight is 254 g/mol. The fraction of sp³-hybridized carbons (Fsp3) is 0.188. The zero-order valence-corrected chi connectivity index (χ0v) is 11.2. The Balaban J connectivity index is 2.20. The van der Waals surface area contributed by atoms with Gasteiger partial charge in [0.05, 0.1) is 6.04 Å². The van der Waals surface area contributed by atoms with Gasteiger partial charge in [-0.15, -0.1) is 0 Å². The predicted octanol–water partition coefficient (Wildman–Crippen LogP) is 3.10. The van der Waals surface area contributed by atoms with Gasteiger partial charge in [-0.1, -0.05) is 36.4 Å². The van der Waals surface area contributed by atoms with Crippen molar-refractivity contribution >= 4 is 11.6 Å². The molecule has 3 nitrogen and oxygen atoms in total. The molecule has 0 saturated heterocycles. The number of carbonyl (C=O) groups excluding carboxylic acids is 1. The van der Waals surface area contributed by atoms with Crippen LogP contribution in [-0.4, -0.2) is 17.9 Å². The van der Waals surface area contributed by atoms with Crippen LogP contribution in [-0.2, 0) is 0 Å². The number of nitrogens with zero attached hydrogens (tertiary/aromatic N) is 1. The first-order valence-corrected chi connectivity index (χ1v) is 6.27. The quantitative estimate of drug-likeness (QED) is 0.855. The Labute approximate surface area is 113 Å². The van der Waals surface area contributed by atoms with Gasteiger partial charge in [-0.2, -0.15) is 0 Å². The fourth-order valence-corrected chi connectivity index (χ4v) is 2.01. The second kappa shape index (κ2) is 5.57. The topological polar surface area (TPSA) is 46.3 Å². The Morgan fingerprint density at radius 2 is 1.79 bits per heavy atom. The van der Waals surface area contributed by atoms with E-state index in [1.54, 1.807) is 29.2 Å². The van der Waals surface area contributed by atoms with Crippen molar-refractivity contribution in [3.63, 3.8) is 0 Å². The number of anilines is 1. The van der Waals surface area contributed by atoms with Crippen LogP contribution in [0.25, 0.3) is 0 Å². The number of benzene rings is 2. The SMILES string of the molecule is CC(c1ccccc1)N(C)C(=O)c1cccc(N)c1. The summed E-state index contributed by atoms with van der Waals surface area (Å²) in [6.07, 6.45) is 0. The monoisotopic (exact) mass is 254 g/mol. The van der Waals surface area contributed by atoms with Gasteiger partial charge in [0.25, 0.3) is 5.91 Å². The molecular formula is C16H18N2O. The van der Waals surface area contributed by atoms with Crippen LogP contribution in [0.4, 0.5) is 5.69 Å². The number of rotatable bonds is 3. The Bertz CT molecular complexity index is 566. The molecule has 1 amide bonds. The summed E-state index contributed by atoms with van der Waals surface area (Å²) in [5, 5.41) is 0. The molecule has 0 saturated carbocycles. The summed E-state index contributed by atoms with van der Waals surface area (Å²) in [6.45, 7) is 2.01. The standard InChI is InChI=1S/C16H18N2O/c1-12(13-7-4-3-5-8-13)18(2)16(19)14-9-6-10-15(17)11-14/h3-12H,17H2,1-2H3. The van der Waals surface area contributed by atoms with Crippen molar-refractivity contribution in [2.45, 2.75) is 13.0 Å². The van der Waals surface area contributed by atoms with Crippen LogP contribution < -0.4 is 5.73 Å². The molecule has 0 radical (unpaired) electrons. The maximum Gasteiger partial charge on any atom is 0.254 e. The molecule has 0 heterocycles. The third kappa shape index (κ3) is 2.94. The minimum atomic E-state index is -0.0244. The van der Waals surface area contributed by atoms with Crippen LogP contribution in [0.15, 0.2) is 54.6 Å². The van der Waals surface area contributed by atoms with Crippen LogP contribution >= 0.6 is 0 Å². The molecule has 2 N–H and O–H groups in total. The molecule has 0 aliphatic rings. The number of nitrogens with two attached hydrogens (primary N) is 1. The van der Waals surface area contributed by atoms with Crippen molar-refractivity contribution in [2.75, 3.05) is 12.8 Å². The van der Waals surface area contributed by atoms with Crippen LogP contribution in [0.5, 0.6) is 0 Å². The Hall–Kier alpha value is -2.29. The highest BCUT2D eigenvalue weighted by molar-refractivity contribution is 5.95. The molecule has 3 heteroatoms. The molecule has 19 heavy (non-hydrogen) atoms. The van der Waals surface area contributed by atoms with Crippen LogP contribution in [0.1, 0.15) is 28.9 Å². The summed E-state index contributed by atoms with van der Waals surface area (Å²) in [5.74, 6) is -0.0244.